The molecule has 0 saturated heterocycles. The molecule has 17 heavy (non-hydrogen) atoms. The molecule has 0 saturated carbocycles. The zero-order valence-electron chi connectivity index (χ0n) is 9.57. The van der Waals surface area contributed by atoms with Crippen LogP contribution in [0.5, 0.6) is 0 Å². The fraction of sp³-hybridized carbons (Fsp3) is 0.200. The van der Waals surface area contributed by atoms with Gasteiger partial charge in [0.15, 0.2) is 0 Å². The van der Waals surface area contributed by atoms with Crippen LogP contribution in [-0.4, -0.2) is 11.7 Å². The molecule has 88 valence electrons. The fourth-order valence-electron chi connectivity index (χ4n) is 1.86. The molecule has 0 aliphatic rings. The highest BCUT2D eigenvalue weighted by Crippen LogP contribution is 2.15. The molecule has 1 nitrogen and oxygen atoms in total. The first-order valence-corrected chi connectivity index (χ1v) is 6.50. The Kier molecular flexibility index (Phi) is 4.35. The fourth-order valence-corrected chi connectivity index (χ4v) is 2.13. The Bertz CT molecular complexity index is 477. The second-order valence-electron chi connectivity index (χ2n) is 4.10. The van der Waals surface area contributed by atoms with E-state index in [1.807, 2.05) is 0 Å². The van der Waals surface area contributed by atoms with E-state index in [9.17, 15) is 0 Å². The first-order valence-electron chi connectivity index (χ1n) is 5.71. The van der Waals surface area contributed by atoms with Gasteiger partial charge in [-0.1, -0.05) is 52.3 Å². The molecule has 0 fully saturated rings. The molecule has 2 aromatic carbocycles. The molecule has 1 N–H and O–H groups in total. The number of rotatable bonds is 4. The molecule has 0 bridgehead atoms. The van der Waals surface area contributed by atoms with Gasteiger partial charge in [0.1, 0.15) is 0 Å². The van der Waals surface area contributed by atoms with Gasteiger partial charge in [-0.25, -0.2) is 0 Å². The number of hydrogen-bond acceptors (Lipinski definition) is 1. The highest BCUT2D eigenvalue weighted by molar-refractivity contribution is 9.10. The SMILES string of the molecule is OCCc1cccc(Cc2ccc(Br)cc2)c1. The van der Waals surface area contributed by atoms with Crippen LogP contribution in [0.25, 0.3) is 0 Å². The van der Waals surface area contributed by atoms with Crippen LogP contribution >= 0.6 is 15.9 Å². The summed E-state index contributed by atoms with van der Waals surface area (Å²) in [5.74, 6) is 0. The molecule has 0 unspecified atom stereocenters. The van der Waals surface area contributed by atoms with E-state index in [0.717, 1.165) is 17.3 Å². The standard InChI is InChI=1S/C15H15BrO/c16-15-6-4-13(5-7-15)11-14-3-1-2-12(10-14)8-9-17/h1-7,10,17H,8-9,11H2. The second kappa shape index (κ2) is 5.99. The molecule has 0 heterocycles. The molecule has 0 aliphatic carbocycles. The smallest absolute Gasteiger partial charge is 0.0471 e. The number of aliphatic hydroxyl groups is 1. The summed E-state index contributed by atoms with van der Waals surface area (Å²) in [5.41, 5.74) is 3.79. The predicted octanol–water partition coefficient (Wildman–Crippen LogP) is 3.57. The van der Waals surface area contributed by atoms with E-state index < -0.39 is 0 Å². The van der Waals surface area contributed by atoms with Crippen molar-refractivity contribution in [1.29, 1.82) is 0 Å². The lowest BCUT2D eigenvalue weighted by Crippen LogP contribution is -1.93. The van der Waals surface area contributed by atoms with Crippen molar-refractivity contribution >= 4 is 15.9 Å². The van der Waals surface area contributed by atoms with Gasteiger partial charge in [-0.15, -0.1) is 0 Å². The van der Waals surface area contributed by atoms with Crippen molar-refractivity contribution in [3.8, 4) is 0 Å². The highest BCUT2D eigenvalue weighted by atomic mass is 79.9. The van der Waals surface area contributed by atoms with Crippen molar-refractivity contribution in [2.75, 3.05) is 6.61 Å². The summed E-state index contributed by atoms with van der Waals surface area (Å²) < 4.78 is 1.11. The average Bonchev–Trinajstić information content (AvgIpc) is 2.33. The molecule has 0 aromatic heterocycles. The maximum absolute atomic E-state index is 8.93. The summed E-state index contributed by atoms with van der Waals surface area (Å²) in [7, 11) is 0. The molecule has 2 aromatic rings. The van der Waals surface area contributed by atoms with E-state index in [2.05, 4.69) is 64.5 Å². The lowest BCUT2D eigenvalue weighted by molar-refractivity contribution is 0.299. The van der Waals surface area contributed by atoms with E-state index >= 15 is 0 Å². The summed E-state index contributed by atoms with van der Waals surface area (Å²) in [4.78, 5) is 0. The molecular weight excluding hydrogens is 276 g/mol. The van der Waals surface area contributed by atoms with E-state index in [0.29, 0.717) is 0 Å². The molecule has 0 atom stereocenters. The van der Waals surface area contributed by atoms with Gasteiger partial charge in [-0.3, -0.25) is 0 Å². The molecule has 0 radical (unpaired) electrons. The number of halogens is 1. The van der Waals surface area contributed by atoms with Gasteiger partial charge in [0.25, 0.3) is 0 Å². The van der Waals surface area contributed by atoms with Crippen LogP contribution in [0.1, 0.15) is 16.7 Å². The molecule has 0 aliphatic heterocycles. The summed E-state index contributed by atoms with van der Waals surface area (Å²) in [6.45, 7) is 0.210. The van der Waals surface area contributed by atoms with E-state index in [1.54, 1.807) is 0 Å². The van der Waals surface area contributed by atoms with Crippen molar-refractivity contribution in [3.63, 3.8) is 0 Å². The maximum atomic E-state index is 8.93. The largest absolute Gasteiger partial charge is 0.396 e. The summed E-state index contributed by atoms with van der Waals surface area (Å²) in [6, 6.07) is 16.8. The van der Waals surface area contributed by atoms with Crippen molar-refractivity contribution in [1.82, 2.24) is 0 Å². The van der Waals surface area contributed by atoms with Gasteiger partial charge in [0, 0.05) is 11.1 Å². The van der Waals surface area contributed by atoms with Crippen LogP contribution in [0.3, 0.4) is 0 Å². The van der Waals surface area contributed by atoms with Gasteiger partial charge in [-0.05, 0) is 41.7 Å². The number of benzene rings is 2. The van der Waals surface area contributed by atoms with Gasteiger partial charge < -0.3 is 5.11 Å². The quantitative estimate of drug-likeness (QED) is 0.913. The van der Waals surface area contributed by atoms with Crippen molar-refractivity contribution in [2.45, 2.75) is 12.8 Å². The Labute approximate surface area is 110 Å². The van der Waals surface area contributed by atoms with Crippen LogP contribution in [0.4, 0.5) is 0 Å². The van der Waals surface area contributed by atoms with Crippen molar-refractivity contribution in [2.24, 2.45) is 0 Å². The molecule has 0 amide bonds. The monoisotopic (exact) mass is 290 g/mol. The third-order valence-corrected chi connectivity index (χ3v) is 3.24. The Hall–Kier alpha value is -1.12. The first kappa shape index (κ1) is 12.3. The molecular formula is C15H15BrO. The topological polar surface area (TPSA) is 20.2 Å². The van der Waals surface area contributed by atoms with E-state index in [1.165, 1.54) is 16.7 Å². The Morgan fingerprint density at radius 3 is 2.29 bits per heavy atom. The Balaban J connectivity index is 2.12. The van der Waals surface area contributed by atoms with Crippen LogP contribution in [0.15, 0.2) is 53.0 Å². The third-order valence-electron chi connectivity index (χ3n) is 2.71. The lowest BCUT2D eigenvalue weighted by Gasteiger charge is -2.05. The van der Waals surface area contributed by atoms with Crippen molar-refractivity contribution in [3.05, 3.63) is 69.7 Å². The van der Waals surface area contributed by atoms with Crippen LogP contribution in [0.2, 0.25) is 0 Å². The molecule has 2 heteroatoms. The Morgan fingerprint density at radius 1 is 0.882 bits per heavy atom. The lowest BCUT2D eigenvalue weighted by atomic mass is 10.0. The molecule has 0 spiro atoms. The van der Waals surface area contributed by atoms with Gasteiger partial charge >= 0.3 is 0 Å². The van der Waals surface area contributed by atoms with Crippen molar-refractivity contribution < 1.29 is 5.11 Å². The van der Waals surface area contributed by atoms with E-state index in [4.69, 9.17) is 5.11 Å². The highest BCUT2D eigenvalue weighted by Gasteiger charge is 1.98. The van der Waals surface area contributed by atoms with Crippen LogP contribution < -0.4 is 0 Å². The number of hydrogen-bond donors (Lipinski definition) is 1. The maximum Gasteiger partial charge on any atom is 0.0471 e. The predicted molar refractivity (Wildman–Crippen MR) is 74.2 cm³/mol. The first-order chi connectivity index (χ1) is 8.28. The summed E-state index contributed by atoms with van der Waals surface area (Å²) in [5, 5.41) is 8.93. The van der Waals surface area contributed by atoms with Crippen LogP contribution in [-0.2, 0) is 12.8 Å². The summed E-state index contributed by atoms with van der Waals surface area (Å²) >= 11 is 3.44. The zero-order valence-corrected chi connectivity index (χ0v) is 11.2. The Morgan fingerprint density at radius 2 is 1.59 bits per heavy atom. The van der Waals surface area contributed by atoms with Gasteiger partial charge in [0.2, 0.25) is 0 Å². The van der Waals surface area contributed by atoms with Crippen LogP contribution in [0, 0.1) is 0 Å². The van der Waals surface area contributed by atoms with Gasteiger partial charge in [0.05, 0.1) is 0 Å². The summed E-state index contributed by atoms with van der Waals surface area (Å²) in [6.07, 6.45) is 1.67. The zero-order chi connectivity index (χ0) is 12.1. The third kappa shape index (κ3) is 3.69. The van der Waals surface area contributed by atoms with Gasteiger partial charge in [-0.2, -0.15) is 0 Å². The minimum absolute atomic E-state index is 0.210. The average molecular weight is 291 g/mol. The minimum atomic E-state index is 0.210. The second-order valence-corrected chi connectivity index (χ2v) is 5.01. The van der Waals surface area contributed by atoms with E-state index in [-0.39, 0.29) is 6.61 Å². The normalized spacial score (nSPS) is 10.5. The molecule has 2 rings (SSSR count). The number of aliphatic hydroxyl groups excluding tert-OH is 1. The minimum Gasteiger partial charge on any atom is -0.396 e.